The summed E-state index contributed by atoms with van der Waals surface area (Å²) in [5.74, 6) is 0.00867. The van der Waals surface area contributed by atoms with Crippen LogP contribution in [0.25, 0.3) is 10.4 Å². The van der Waals surface area contributed by atoms with Crippen molar-refractivity contribution in [3.05, 3.63) is 141 Å². The van der Waals surface area contributed by atoms with Crippen molar-refractivity contribution in [3.63, 3.8) is 0 Å². The van der Waals surface area contributed by atoms with Gasteiger partial charge in [0.15, 0.2) is 11.6 Å². The number of rotatable bonds is 13. The summed E-state index contributed by atoms with van der Waals surface area (Å²) in [6.07, 6.45) is -5.19. The standard InChI is InChI=1S/C34H31F3N6O4/c35-34(36,37)28-13-6-4-11-25(28)22-39-42-32(45)33(21-23-9-2-1-3-10-23)30(27-12-5-7-14-29(27)41-43-38)47-31(40-33)24-15-17-26(18-16-24)46-20-8-19-44/h1-7,9-18,30,39,44H,8,19-22H2,(H,42,45)/t30-,33-/m0/s1. The number of aliphatic hydroxyl groups is 1. The van der Waals surface area contributed by atoms with Crippen LogP contribution < -0.4 is 15.6 Å². The van der Waals surface area contributed by atoms with E-state index in [1.807, 2.05) is 30.3 Å². The molecule has 0 saturated heterocycles. The molecule has 47 heavy (non-hydrogen) atoms. The number of ether oxygens (including phenoxy) is 2. The highest BCUT2D eigenvalue weighted by Gasteiger charge is 2.54. The van der Waals surface area contributed by atoms with Crippen LogP contribution in [0.4, 0.5) is 18.9 Å². The Labute approximate surface area is 268 Å². The van der Waals surface area contributed by atoms with E-state index in [2.05, 4.69) is 20.9 Å². The van der Waals surface area contributed by atoms with Crippen molar-refractivity contribution in [3.8, 4) is 5.75 Å². The van der Waals surface area contributed by atoms with E-state index >= 15 is 0 Å². The molecule has 0 aromatic heterocycles. The van der Waals surface area contributed by atoms with E-state index in [1.54, 1.807) is 48.5 Å². The first-order chi connectivity index (χ1) is 22.7. The van der Waals surface area contributed by atoms with Gasteiger partial charge in [-0.25, -0.2) is 10.4 Å². The van der Waals surface area contributed by atoms with Gasteiger partial charge in [-0.1, -0.05) is 77.9 Å². The zero-order chi connectivity index (χ0) is 33.3. The topological polar surface area (TPSA) is 141 Å². The lowest BCUT2D eigenvalue weighted by Crippen LogP contribution is -2.53. The first-order valence-corrected chi connectivity index (χ1v) is 14.7. The monoisotopic (exact) mass is 644 g/mol. The third-order valence-corrected chi connectivity index (χ3v) is 7.52. The molecule has 1 heterocycles. The van der Waals surface area contributed by atoms with Gasteiger partial charge in [0, 0.05) is 47.7 Å². The summed E-state index contributed by atoms with van der Waals surface area (Å²) in [5, 5.41) is 12.9. The van der Waals surface area contributed by atoms with Crippen LogP contribution >= 0.6 is 0 Å². The van der Waals surface area contributed by atoms with Crippen LogP contribution in [-0.2, 0) is 28.7 Å². The highest BCUT2D eigenvalue weighted by Crippen LogP contribution is 2.45. The number of nitrogens with one attached hydrogen (secondary N) is 2. The minimum absolute atomic E-state index is 0.00328. The summed E-state index contributed by atoms with van der Waals surface area (Å²) in [4.78, 5) is 22.2. The summed E-state index contributed by atoms with van der Waals surface area (Å²) in [7, 11) is 0. The van der Waals surface area contributed by atoms with Crippen LogP contribution in [0, 0.1) is 0 Å². The number of nitrogens with zero attached hydrogens (tertiary/aromatic N) is 4. The number of carbonyl (C=O) groups is 1. The smallest absolute Gasteiger partial charge is 0.416 e. The largest absolute Gasteiger partial charge is 0.494 e. The van der Waals surface area contributed by atoms with Gasteiger partial charge in [-0.2, -0.15) is 13.2 Å². The number of hydrogen-bond acceptors (Lipinski definition) is 7. The van der Waals surface area contributed by atoms with Gasteiger partial charge in [0.1, 0.15) is 5.75 Å². The maximum absolute atomic E-state index is 14.3. The van der Waals surface area contributed by atoms with Crippen molar-refractivity contribution in [1.82, 2.24) is 10.9 Å². The number of alkyl halides is 3. The van der Waals surface area contributed by atoms with E-state index in [-0.39, 0.29) is 36.7 Å². The fourth-order valence-corrected chi connectivity index (χ4v) is 5.29. The molecular weight excluding hydrogens is 613 g/mol. The molecule has 13 heteroatoms. The van der Waals surface area contributed by atoms with E-state index in [9.17, 15) is 23.5 Å². The maximum Gasteiger partial charge on any atom is 0.416 e. The van der Waals surface area contributed by atoms with Crippen molar-refractivity contribution >= 4 is 17.5 Å². The average Bonchev–Trinajstić information content (AvgIpc) is 3.46. The molecule has 5 rings (SSSR count). The molecule has 0 spiro atoms. The van der Waals surface area contributed by atoms with Crippen LogP contribution in [0.5, 0.6) is 5.75 Å². The highest BCUT2D eigenvalue weighted by atomic mass is 19.4. The second-order valence-corrected chi connectivity index (χ2v) is 10.7. The summed E-state index contributed by atoms with van der Waals surface area (Å²) in [6, 6.07) is 27.7. The van der Waals surface area contributed by atoms with Crippen molar-refractivity contribution in [2.45, 2.75) is 37.2 Å². The van der Waals surface area contributed by atoms with E-state index < -0.39 is 29.3 Å². The van der Waals surface area contributed by atoms with Crippen LogP contribution in [0.2, 0.25) is 0 Å². The van der Waals surface area contributed by atoms with Gasteiger partial charge in [-0.15, -0.1) is 0 Å². The molecule has 242 valence electrons. The highest BCUT2D eigenvalue weighted by molar-refractivity contribution is 6.01. The predicted molar refractivity (Wildman–Crippen MR) is 169 cm³/mol. The molecule has 0 radical (unpaired) electrons. The lowest BCUT2D eigenvalue weighted by molar-refractivity contribution is -0.138. The summed E-state index contributed by atoms with van der Waals surface area (Å²) < 4.78 is 53.0. The Hall–Kier alpha value is -5.36. The van der Waals surface area contributed by atoms with Gasteiger partial charge in [0.2, 0.25) is 5.90 Å². The van der Waals surface area contributed by atoms with Crippen molar-refractivity contribution in [1.29, 1.82) is 0 Å². The molecule has 1 aliphatic rings. The lowest BCUT2D eigenvalue weighted by atomic mass is 9.81. The van der Waals surface area contributed by atoms with Crippen molar-refractivity contribution in [2.24, 2.45) is 10.1 Å². The maximum atomic E-state index is 14.3. The number of carbonyl (C=O) groups excluding carboxylic acids is 1. The SMILES string of the molecule is [N-]=[N+]=Nc1ccccc1[C@@H]1OC(c2ccc(OCCCO)cc2)=N[C@]1(Cc1ccccc1)C(=O)NNCc1ccccc1C(F)(F)F. The molecule has 4 aromatic carbocycles. The number of azide groups is 1. The van der Waals surface area contributed by atoms with Crippen LogP contribution in [0.15, 0.2) is 113 Å². The van der Waals surface area contributed by atoms with Crippen molar-refractivity contribution < 1.29 is 32.5 Å². The van der Waals surface area contributed by atoms with Gasteiger partial charge in [-0.3, -0.25) is 10.2 Å². The molecule has 4 aromatic rings. The molecular formula is C34H31F3N6O4. The van der Waals surface area contributed by atoms with E-state index in [0.717, 1.165) is 11.6 Å². The third kappa shape index (κ3) is 7.72. The molecule has 0 saturated carbocycles. The number of benzene rings is 4. The molecule has 10 nitrogen and oxygen atoms in total. The van der Waals surface area contributed by atoms with E-state index in [0.29, 0.717) is 29.9 Å². The molecule has 2 atom stereocenters. The molecule has 1 amide bonds. The number of halogens is 3. The van der Waals surface area contributed by atoms with Crippen molar-refractivity contribution in [2.75, 3.05) is 13.2 Å². The second-order valence-electron chi connectivity index (χ2n) is 10.7. The van der Waals surface area contributed by atoms with Gasteiger partial charge < -0.3 is 14.6 Å². The zero-order valence-corrected chi connectivity index (χ0v) is 25.0. The Balaban J connectivity index is 1.55. The molecule has 1 aliphatic heterocycles. The molecule has 0 fully saturated rings. The van der Waals surface area contributed by atoms with Crippen LogP contribution in [0.3, 0.4) is 0 Å². The summed E-state index contributed by atoms with van der Waals surface area (Å²) in [6.45, 7) is 0.00105. The number of amides is 1. The molecule has 0 bridgehead atoms. The second kappa shape index (κ2) is 14.8. The Morgan fingerprint density at radius 2 is 1.70 bits per heavy atom. The minimum atomic E-state index is -4.58. The molecule has 3 N–H and O–H groups in total. The Kier molecular flexibility index (Phi) is 10.4. The Bertz CT molecular complexity index is 1760. The van der Waals surface area contributed by atoms with Gasteiger partial charge in [-0.05, 0) is 47.0 Å². The summed E-state index contributed by atoms with van der Waals surface area (Å²) >= 11 is 0. The van der Waals surface area contributed by atoms with E-state index in [4.69, 9.17) is 19.6 Å². The Morgan fingerprint density at radius 1 is 1.00 bits per heavy atom. The summed E-state index contributed by atoms with van der Waals surface area (Å²) in [5.41, 5.74) is 13.8. The number of hydrogen-bond donors (Lipinski definition) is 3. The normalized spacial score (nSPS) is 17.3. The minimum Gasteiger partial charge on any atom is -0.494 e. The number of hydrazine groups is 1. The third-order valence-electron chi connectivity index (χ3n) is 7.52. The number of aliphatic hydroxyl groups excluding tert-OH is 1. The Morgan fingerprint density at radius 3 is 2.43 bits per heavy atom. The van der Waals surface area contributed by atoms with Crippen LogP contribution in [-0.4, -0.2) is 35.7 Å². The van der Waals surface area contributed by atoms with Gasteiger partial charge in [0.05, 0.1) is 12.2 Å². The number of aliphatic imine (C=N–C) groups is 1. The molecule has 0 aliphatic carbocycles. The first kappa shape index (κ1) is 33.0. The molecule has 0 unspecified atom stereocenters. The quantitative estimate of drug-likeness (QED) is 0.0487. The van der Waals surface area contributed by atoms with Gasteiger partial charge in [0.25, 0.3) is 5.91 Å². The lowest BCUT2D eigenvalue weighted by Gasteiger charge is -2.31. The van der Waals surface area contributed by atoms with Crippen LogP contribution in [0.1, 0.15) is 40.3 Å². The fraction of sp³-hybridized carbons (Fsp3) is 0.235. The first-order valence-electron chi connectivity index (χ1n) is 14.7. The zero-order valence-electron chi connectivity index (χ0n) is 25.0. The van der Waals surface area contributed by atoms with Gasteiger partial charge >= 0.3 is 6.18 Å². The van der Waals surface area contributed by atoms with E-state index in [1.165, 1.54) is 18.2 Å². The fourth-order valence-electron chi connectivity index (χ4n) is 5.29. The average molecular weight is 645 g/mol. The predicted octanol–water partition coefficient (Wildman–Crippen LogP) is 6.73.